The lowest BCUT2D eigenvalue weighted by molar-refractivity contribution is 0.288. The first-order valence-electron chi connectivity index (χ1n) is 40.3. The number of nitriles is 2. The van der Waals surface area contributed by atoms with E-state index >= 15 is 0 Å². The van der Waals surface area contributed by atoms with E-state index < -0.39 is 0 Å². The fraction of sp³-hybridized carbons (Fsp3) is 0.810. The van der Waals surface area contributed by atoms with Crippen LogP contribution in [-0.4, -0.2) is 26.4 Å². The Hall–Kier alpha value is -4.04. The Balaban J connectivity index is 2.09. The standard InChI is InChI=1S/C84H148N4O4/c1-7-11-15-19-23-27-31-35-39-43-47-51-55-59-63-89-79-67-77(68-80(71-79)90-64-60-56-52-48-44-40-36-32-28-24-20-16-12-8-2)75(5)87-83(73-85)84(74-86)88-76(6)78-69-81(91-65-61-57-53-49-45-41-37-33-29-25-21-17-13-9-3)72-82(70-78)92-66-62-58-54-50-46-42-38-34-30-26-22-18-14-10-4/h67-72,75-76,87-88H,7-66H2,1-6H3/b84-83-. The van der Waals surface area contributed by atoms with Crippen LogP contribution in [0.1, 0.15) is 424 Å². The van der Waals surface area contributed by atoms with Crippen LogP contribution in [-0.2, 0) is 0 Å². The predicted molar refractivity (Wildman–Crippen MR) is 397 cm³/mol. The first-order valence-corrected chi connectivity index (χ1v) is 40.3. The van der Waals surface area contributed by atoms with Crippen LogP contribution in [0.3, 0.4) is 0 Å². The Morgan fingerprint density at radius 2 is 0.413 bits per heavy atom. The van der Waals surface area contributed by atoms with Crippen molar-refractivity contribution < 1.29 is 18.9 Å². The van der Waals surface area contributed by atoms with E-state index in [1.165, 1.54) is 334 Å². The van der Waals surface area contributed by atoms with Crippen molar-refractivity contribution in [3.8, 4) is 35.1 Å². The average molecular weight is 1280 g/mol. The van der Waals surface area contributed by atoms with Crippen molar-refractivity contribution in [1.82, 2.24) is 10.6 Å². The van der Waals surface area contributed by atoms with Gasteiger partial charge in [-0.3, -0.25) is 0 Å². The minimum atomic E-state index is -0.306. The van der Waals surface area contributed by atoms with Crippen LogP contribution in [0.2, 0.25) is 0 Å². The van der Waals surface area contributed by atoms with Crippen molar-refractivity contribution in [2.24, 2.45) is 0 Å². The molecule has 2 unspecified atom stereocenters. The lowest BCUT2D eigenvalue weighted by Gasteiger charge is -2.21. The first kappa shape index (κ1) is 84.0. The minimum absolute atomic E-state index is 0.199. The highest BCUT2D eigenvalue weighted by Gasteiger charge is 2.18. The third-order valence-corrected chi connectivity index (χ3v) is 19.1. The molecule has 0 aliphatic carbocycles. The maximum absolute atomic E-state index is 10.7. The Morgan fingerprint density at radius 1 is 0.261 bits per heavy atom. The zero-order valence-electron chi connectivity index (χ0n) is 61.6. The number of rotatable bonds is 70. The Kier molecular flexibility index (Phi) is 58.7. The fourth-order valence-electron chi connectivity index (χ4n) is 12.9. The Bertz CT molecular complexity index is 1810. The van der Waals surface area contributed by atoms with E-state index in [4.69, 9.17) is 18.9 Å². The van der Waals surface area contributed by atoms with E-state index in [1.807, 2.05) is 26.0 Å². The number of allylic oxidation sites excluding steroid dienone is 2. The van der Waals surface area contributed by atoms with Crippen LogP contribution in [0.15, 0.2) is 47.8 Å². The molecule has 0 spiro atoms. The largest absolute Gasteiger partial charge is 0.493 e. The Morgan fingerprint density at radius 3 is 0.565 bits per heavy atom. The van der Waals surface area contributed by atoms with E-state index in [0.29, 0.717) is 26.4 Å². The quantitative estimate of drug-likeness (QED) is 0.0498. The number of nitrogens with zero attached hydrogens (tertiary/aromatic N) is 2. The zero-order valence-corrected chi connectivity index (χ0v) is 61.6. The molecular formula is C84H148N4O4. The van der Waals surface area contributed by atoms with Gasteiger partial charge in [-0.1, -0.05) is 362 Å². The summed E-state index contributed by atoms with van der Waals surface area (Å²) in [7, 11) is 0. The topological polar surface area (TPSA) is 109 Å². The van der Waals surface area contributed by atoms with Gasteiger partial charge in [0.05, 0.1) is 26.4 Å². The molecule has 0 aliphatic heterocycles. The number of ether oxygens (including phenoxy) is 4. The van der Waals surface area contributed by atoms with Gasteiger partial charge in [-0.15, -0.1) is 0 Å². The number of unbranched alkanes of at least 4 members (excludes halogenated alkanes) is 52. The van der Waals surface area contributed by atoms with Gasteiger partial charge in [0.15, 0.2) is 0 Å². The average Bonchev–Trinajstić information content (AvgIpc) is 1.22. The van der Waals surface area contributed by atoms with E-state index in [1.54, 1.807) is 0 Å². The summed E-state index contributed by atoms with van der Waals surface area (Å²) in [5.41, 5.74) is 2.29. The maximum Gasteiger partial charge on any atom is 0.148 e. The van der Waals surface area contributed by atoms with Gasteiger partial charge >= 0.3 is 0 Å². The van der Waals surface area contributed by atoms with Gasteiger partial charge < -0.3 is 29.6 Å². The molecule has 0 aromatic heterocycles. The second-order valence-corrected chi connectivity index (χ2v) is 28.0. The molecule has 2 N–H and O–H groups in total. The molecule has 0 fully saturated rings. The molecule has 0 bridgehead atoms. The van der Waals surface area contributed by atoms with E-state index in [2.05, 4.69) is 74.7 Å². The monoisotopic (exact) mass is 1280 g/mol. The molecule has 2 aromatic rings. The van der Waals surface area contributed by atoms with Crippen LogP contribution < -0.4 is 29.6 Å². The van der Waals surface area contributed by atoms with Crippen LogP contribution in [0.5, 0.6) is 23.0 Å². The molecule has 2 aromatic carbocycles. The van der Waals surface area contributed by atoms with Crippen molar-refractivity contribution in [2.75, 3.05) is 26.4 Å². The van der Waals surface area contributed by atoms with E-state index in [0.717, 1.165) is 59.8 Å². The normalized spacial score (nSPS) is 12.3. The molecule has 92 heavy (non-hydrogen) atoms. The van der Waals surface area contributed by atoms with Crippen molar-refractivity contribution in [3.05, 3.63) is 58.9 Å². The molecule has 2 rings (SSSR count). The van der Waals surface area contributed by atoms with Gasteiger partial charge in [-0.2, -0.15) is 10.5 Å². The molecule has 8 nitrogen and oxygen atoms in total. The second-order valence-electron chi connectivity index (χ2n) is 28.0. The highest BCUT2D eigenvalue weighted by Crippen LogP contribution is 2.31. The molecule has 2 atom stereocenters. The van der Waals surface area contributed by atoms with Gasteiger partial charge in [0.2, 0.25) is 0 Å². The van der Waals surface area contributed by atoms with Gasteiger partial charge in [0.25, 0.3) is 0 Å². The number of nitrogens with one attached hydrogen (secondary N) is 2. The summed E-state index contributed by atoms with van der Waals surface area (Å²) in [6, 6.07) is 16.4. The lowest BCUT2D eigenvalue weighted by Crippen LogP contribution is -2.25. The summed E-state index contributed by atoms with van der Waals surface area (Å²) in [6.45, 7) is 15.9. The van der Waals surface area contributed by atoms with Crippen molar-refractivity contribution >= 4 is 0 Å². The third kappa shape index (κ3) is 49.5. The predicted octanol–water partition coefficient (Wildman–Crippen LogP) is 27.4. The number of benzene rings is 2. The van der Waals surface area contributed by atoms with Crippen molar-refractivity contribution in [1.29, 1.82) is 10.5 Å². The third-order valence-electron chi connectivity index (χ3n) is 19.1. The van der Waals surface area contributed by atoms with Gasteiger partial charge in [-0.05, 0) is 74.9 Å². The number of hydrogen-bond donors (Lipinski definition) is 2. The SMILES string of the molecule is CCCCCCCCCCCCCCCCOc1cc(OCCCCCCCCCCCCCCCC)cc(C(C)N/C(C#N)=C(/C#N)NC(C)c2cc(OCCCCCCCCCCCCCCCC)cc(OCCCCCCCCCCCCCCCC)c2)c1. The smallest absolute Gasteiger partial charge is 0.148 e. The summed E-state index contributed by atoms with van der Waals surface area (Å²) in [5.74, 6) is 3.13. The number of hydrogen-bond acceptors (Lipinski definition) is 8. The van der Waals surface area contributed by atoms with Gasteiger partial charge in [0.1, 0.15) is 46.5 Å². The summed E-state index contributed by atoms with van der Waals surface area (Å²) < 4.78 is 25.9. The summed E-state index contributed by atoms with van der Waals surface area (Å²) >= 11 is 0. The van der Waals surface area contributed by atoms with E-state index in [-0.39, 0.29) is 23.5 Å². The molecule has 0 heterocycles. The molecule has 528 valence electrons. The molecule has 0 saturated heterocycles. The van der Waals surface area contributed by atoms with Gasteiger partial charge in [0, 0.05) is 24.2 Å². The van der Waals surface area contributed by atoms with Crippen LogP contribution in [0.25, 0.3) is 0 Å². The van der Waals surface area contributed by atoms with Crippen molar-refractivity contribution in [2.45, 2.75) is 413 Å². The summed E-state index contributed by atoms with van der Waals surface area (Å²) in [4.78, 5) is 0. The lowest BCUT2D eigenvalue weighted by atomic mass is 10.0. The van der Waals surface area contributed by atoms with E-state index in [9.17, 15) is 10.5 Å². The molecule has 0 radical (unpaired) electrons. The van der Waals surface area contributed by atoms with Gasteiger partial charge in [-0.25, -0.2) is 0 Å². The summed E-state index contributed by atoms with van der Waals surface area (Å²) in [6.07, 6.45) is 74.2. The fourth-order valence-corrected chi connectivity index (χ4v) is 12.9. The Labute approximate surface area is 570 Å². The molecule has 0 aliphatic rings. The second kappa shape index (κ2) is 64.3. The first-order chi connectivity index (χ1) is 45.4. The molecular weight excluding hydrogens is 1130 g/mol. The van der Waals surface area contributed by atoms with Crippen LogP contribution in [0, 0.1) is 22.7 Å². The molecule has 0 amide bonds. The van der Waals surface area contributed by atoms with Crippen LogP contribution in [0.4, 0.5) is 0 Å². The minimum Gasteiger partial charge on any atom is -0.493 e. The summed E-state index contributed by atoms with van der Waals surface area (Å²) in [5, 5.41) is 28.2. The molecule has 0 saturated carbocycles. The van der Waals surface area contributed by atoms with Crippen LogP contribution >= 0.6 is 0 Å². The maximum atomic E-state index is 10.7. The highest BCUT2D eigenvalue weighted by atomic mass is 16.5. The molecule has 8 heteroatoms. The van der Waals surface area contributed by atoms with Crippen molar-refractivity contribution in [3.63, 3.8) is 0 Å². The highest BCUT2D eigenvalue weighted by molar-refractivity contribution is 5.43. The zero-order chi connectivity index (χ0) is 66.1.